The van der Waals surface area contributed by atoms with Gasteiger partial charge in [0.15, 0.2) is 11.5 Å². The molecule has 2 heterocycles. The molecule has 2 amide bonds. The van der Waals surface area contributed by atoms with Crippen molar-refractivity contribution in [1.82, 2.24) is 10.6 Å². The maximum Gasteiger partial charge on any atom is 0.261 e. The molecule has 0 unspecified atom stereocenters. The molecule has 7 heteroatoms. The van der Waals surface area contributed by atoms with Gasteiger partial charge in [-0.25, -0.2) is 0 Å². The normalized spacial score (nSPS) is 12.5. The lowest BCUT2D eigenvalue weighted by molar-refractivity contribution is -0.121. The Morgan fingerprint density at radius 2 is 1.92 bits per heavy atom. The van der Waals surface area contributed by atoms with Crippen molar-refractivity contribution in [3.63, 3.8) is 0 Å². The highest BCUT2D eigenvalue weighted by molar-refractivity contribution is 7.12. The second-order valence-corrected chi connectivity index (χ2v) is 6.19. The molecule has 0 spiro atoms. The second kappa shape index (κ2) is 7.83. The van der Waals surface area contributed by atoms with Gasteiger partial charge >= 0.3 is 0 Å². The maximum atomic E-state index is 11.9. The van der Waals surface area contributed by atoms with Crippen molar-refractivity contribution < 1.29 is 19.1 Å². The molecule has 1 aromatic heterocycles. The number of fused-ring (bicyclic) bond motifs is 1. The molecule has 0 aliphatic carbocycles. The first-order chi connectivity index (χ1) is 11.7. The molecule has 0 bridgehead atoms. The molecule has 6 nitrogen and oxygen atoms in total. The number of rotatable bonds is 6. The average molecular weight is 346 g/mol. The van der Waals surface area contributed by atoms with Crippen LogP contribution in [0.3, 0.4) is 0 Å². The van der Waals surface area contributed by atoms with Gasteiger partial charge in [0.05, 0.1) is 4.88 Å². The first kappa shape index (κ1) is 16.3. The number of carbonyl (C=O) groups excluding carboxylic acids is 2. The molecule has 0 fully saturated rings. The fraction of sp³-hybridized carbons (Fsp3) is 0.294. The molecule has 0 saturated carbocycles. The van der Waals surface area contributed by atoms with Crippen LogP contribution < -0.4 is 20.1 Å². The van der Waals surface area contributed by atoms with Gasteiger partial charge in [-0.05, 0) is 29.1 Å². The summed E-state index contributed by atoms with van der Waals surface area (Å²) in [5, 5.41) is 7.40. The van der Waals surface area contributed by atoms with Crippen LogP contribution in [0.2, 0.25) is 0 Å². The van der Waals surface area contributed by atoms with Gasteiger partial charge in [0.25, 0.3) is 5.91 Å². The summed E-state index contributed by atoms with van der Waals surface area (Å²) in [5.41, 5.74) is 0.940. The molecule has 0 atom stereocenters. The zero-order valence-electron chi connectivity index (χ0n) is 13.0. The van der Waals surface area contributed by atoms with E-state index in [1.165, 1.54) is 11.3 Å². The number of hydrogen-bond acceptors (Lipinski definition) is 5. The number of ether oxygens (including phenoxy) is 2. The minimum absolute atomic E-state index is 0.114. The van der Waals surface area contributed by atoms with Gasteiger partial charge in [0.2, 0.25) is 5.91 Å². The van der Waals surface area contributed by atoms with Gasteiger partial charge < -0.3 is 20.1 Å². The summed E-state index contributed by atoms with van der Waals surface area (Å²) in [7, 11) is 0. The van der Waals surface area contributed by atoms with E-state index in [2.05, 4.69) is 10.6 Å². The Morgan fingerprint density at radius 1 is 1.08 bits per heavy atom. The van der Waals surface area contributed by atoms with Crippen LogP contribution in [0.15, 0.2) is 35.7 Å². The van der Waals surface area contributed by atoms with Gasteiger partial charge in [-0.1, -0.05) is 12.1 Å². The van der Waals surface area contributed by atoms with E-state index in [9.17, 15) is 9.59 Å². The van der Waals surface area contributed by atoms with E-state index in [0.717, 1.165) is 11.3 Å². The van der Waals surface area contributed by atoms with Crippen molar-refractivity contribution in [3.05, 3.63) is 46.2 Å². The molecule has 0 radical (unpaired) electrons. The van der Waals surface area contributed by atoms with E-state index in [4.69, 9.17) is 9.47 Å². The first-order valence-corrected chi connectivity index (χ1v) is 8.57. The highest BCUT2D eigenvalue weighted by Gasteiger charge is 2.12. The number of thiophene rings is 1. The fourth-order valence-corrected chi connectivity index (χ4v) is 2.91. The van der Waals surface area contributed by atoms with Crippen molar-refractivity contribution in [2.45, 2.75) is 13.0 Å². The predicted molar refractivity (Wildman–Crippen MR) is 90.5 cm³/mol. The SMILES string of the molecule is O=C(CCNC(=O)c1cccs1)NCc1ccc2c(c1)OCCO2. The Morgan fingerprint density at radius 3 is 2.71 bits per heavy atom. The van der Waals surface area contributed by atoms with Gasteiger partial charge in [-0.15, -0.1) is 11.3 Å². The Kier molecular flexibility index (Phi) is 5.32. The first-order valence-electron chi connectivity index (χ1n) is 7.69. The monoisotopic (exact) mass is 346 g/mol. The average Bonchev–Trinajstić information content (AvgIpc) is 3.14. The summed E-state index contributed by atoms with van der Waals surface area (Å²) >= 11 is 1.37. The number of carbonyl (C=O) groups is 2. The third-order valence-corrected chi connectivity index (χ3v) is 4.35. The molecule has 2 N–H and O–H groups in total. The van der Waals surface area contributed by atoms with Crippen LogP contribution in [0.4, 0.5) is 0 Å². The van der Waals surface area contributed by atoms with E-state index in [0.29, 0.717) is 36.9 Å². The summed E-state index contributed by atoms with van der Waals surface area (Å²) in [4.78, 5) is 24.2. The van der Waals surface area contributed by atoms with E-state index in [-0.39, 0.29) is 18.2 Å². The molecule has 0 saturated heterocycles. The van der Waals surface area contributed by atoms with Crippen LogP contribution in [0.25, 0.3) is 0 Å². The van der Waals surface area contributed by atoms with Crippen LogP contribution >= 0.6 is 11.3 Å². The summed E-state index contributed by atoms with van der Waals surface area (Å²) in [6, 6.07) is 9.18. The highest BCUT2D eigenvalue weighted by Crippen LogP contribution is 2.30. The standard InChI is InChI=1S/C17H18N2O4S/c20-16(5-6-18-17(21)15-2-1-9-24-15)19-11-12-3-4-13-14(10-12)23-8-7-22-13/h1-4,9-10H,5-8,11H2,(H,18,21)(H,19,20). The molecule has 1 aromatic carbocycles. The second-order valence-electron chi connectivity index (χ2n) is 5.24. The van der Waals surface area contributed by atoms with Crippen LogP contribution in [-0.2, 0) is 11.3 Å². The minimum atomic E-state index is -0.148. The molecular formula is C17H18N2O4S. The topological polar surface area (TPSA) is 76.7 Å². The van der Waals surface area contributed by atoms with E-state index < -0.39 is 0 Å². The lowest BCUT2D eigenvalue weighted by Crippen LogP contribution is -2.30. The number of benzene rings is 1. The van der Waals surface area contributed by atoms with Crippen molar-refractivity contribution in [2.75, 3.05) is 19.8 Å². The zero-order valence-corrected chi connectivity index (χ0v) is 13.9. The Hall–Kier alpha value is -2.54. The van der Waals surface area contributed by atoms with E-state index in [1.54, 1.807) is 6.07 Å². The Bertz CT molecular complexity index is 715. The van der Waals surface area contributed by atoms with Crippen molar-refractivity contribution in [2.24, 2.45) is 0 Å². The quantitative estimate of drug-likeness (QED) is 0.838. The maximum absolute atomic E-state index is 11.9. The molecule has 1 aliphatic rings. The van der Waals surface area contributed by atoms with Crippen LogP contribution in [0.1, 0.15) is 21.7 Å². The summed E-state index contributed by atoms with van der Waals surface area (Å²) < 4.78 is 11.0. The van der Waals surface area contributed by atoms with E-state index in [1.807, 2.05) is 29.6 Å². The van der Waals surface area contributed by atoms with E-state index >= 15 is 0 Å². The third kappa shape index (κ3) is 4.26. The minimum Gasteiger partial charge on any atom is -0.486 e. The summed E-state index contributed by atoms with van der Waals surface area (Å²) in [6.45, 7) is 1.81. The molecular weight excluding hydrogens is 328 g/mol. The molecule has 126 valence electrons. The lowest BCUT2D eigenvalue weighted by atomic mass is 10.2. The Balaban J connectivity index is 1.40. The van der Waals surface area contributed by atoms with Crippen LogP contribution in [-0.4, -0.2) is 31.6 Å². The predicted octanol–water partition coefficient (Wildman–Crippen LogP) is 1.96. The number of hydrogen-bond donors (Lipinski definition) is 2. The van der Waals surface area contributed by atoms with Gasteiger partial charge in [-0.3, -0.25) is 9.59 Å². The highest BCUT2D eigenvalue weighted by atomic mass is 32.1. The molecule has 1 aliphatic heterocycles. The van der Waals surface area contributed by atoms with Gasteiger partial charge in [0.1, 0.15) is 13.2 Å². The molecule has 24 heavy (non-hydrogen) atoms. The number of nitrogens with one attached hydrogen (secondary N) is 2. The number of amides is 2. The zero-order chi connectivity index (χ0) is 16.8. The van der Waals surface area contributed by atoms with Crippen LogP contribution in [0.5, 0.6) is 11.5 Å². The van der Waals surface area contributed by atoms with Crippen molar-refractivity contribution in [1.29, 1.82) is 0 Å². The summed E-state index contributed by atoms with van der Waals surface area (Å²) in [6.07, 6.45) is 0.238. The Labute approximate surface area is 143 Å². The van der Waals surface area contributed by atoms with Gasteiger partial charge in [0, 0.05) is 19.5 Å². The molecule has 3 rings (SSSR count). The smallest absolute Gasteiger partial charge is 0.261 e. The third-order valence-electron chi connectivity index (χ3n) is 3.48. The van der Waals surface area contributed by atoms with Crippen LogP contribution in [0, 0.1) is 0 Å². The lowest BCUT2D eigenvalue weighted by Gasteiger charge is -2.19. The summed E-state index contributed by atoms with van der Waals surface area (Å²) in [5.74, 6) is 1.17. The van der Waals surface area contributed by atoms with Gasteiger partial charge in [-0.2, -0.15) is 0 Å². The fourth-order valence-electron chi connectivity index (χ4n) is 2.27. The van der Waals surface area contributed by atoms with Crippen molar-refractivity contribution >= 4 is 23.2 Å². The van der Waals surface area contributed by atoms with Crippen molar-refractivity contribution in [3.8, 4) is 11.5 Å². The molecule has 2 aromatic rings. The largest absolute Gasteiger partial charge is 0.486 e.